The Hall–Kier alpha value is -3.02. The second-order valence-corrected chi connectivity index (χ2v) is 4.98. The first-order chi connectivity index (χ1) is 11.3. The average Bonchev–Trinajstić information content (AvgIpc) is 2.61. The lowest BCUT2D eigenvalue weighted by Gasteiger charge is -2.08. The number of hydrogen-bond donors (Lipinski definition) is 2. The van der Waals surface area contributed by atoms with Gasteiger partial charge in [-0.1, -0.05) is 42.5 Å². The van der Waals surface area contributed by atoms with E-state index in [9.17, 15) is 4.39 Å². The second-order valence-electron chi connectivity index (χ2n) is 4.98. The highest BCUT2D eigenvalue weighted by Gasteiger charge is 2.01. The van der Waals surface area contributed by atoms with E-state index < -0.39 is 0 Å². The van der Waals surface area contributed by atoms with Crippen molar-refractivity contribution in [1.82, 2.24) is 15.2 Å². The summed E-state index contributed by atoms with van der Waals surface area (Å²) in [5, 5.41) is 14.1. The molecule has 0 saturated carbocycles. The zero-order valence-electron chi connectivity index (χ0n) is 12.4. The van der Waals surface area contributed by atoms with Gasteiger partial charge in [-0.15, -0.1) is 5.10 Å². The molecule has 0 atom stereocenters. The highest BCUT2D eigenvalue weighted by molar-refractivity contribution is 5.38. The van der Waals surface area contributed by atoms with Gasteiger partial charge < -0.3 is 10.6 Å². The monoisotopic (exact) mass is 309 g/mol. The van der Waals surface area contributed by atoms with Gasteiger partial charge in [0.2, 0.25) is 5.95 Å². The molecule has 0 fully saturated rings. The predicted octanol–water partition coefficient (Wildman–Crippen LogP) is 3.23. The normalized spacial score (nSPS) is 10.3. The molecule has 0 amide bonds. The minimum absolute atomic E-state index is 0.251. The van der Waals surface area contributed by atoms with Gasteiger partial charge in [0, 0.05) is 13.1 Å². The number of hydrogen-bond acceptors (Lipinski definition) is 5. The number of rotatable bonds is 6. The summed E-state index contributed by atoms with van der Waals surface area (Å²) < 4.78 is 12.9. The summed E-state index contributed by atoms with van der Waals surface area (Å²) in [5.74, 6) is 0.816. The predicted molar refractivity (Wildman–Crippen MR) is 87.3 cm³/mol. The quantitative estimate of drug-likeness (QED) is 0.732. The third kappa shape index (κ3) is 4.47. The van der Waals surface area contributed by atoms with Crippen LogP contribution in [0.15, 0.2) is 60.8 Å². The van der Waals surface area contributed by atoms with Crippen LogP contribution in [0.4, 0.5) is 16.2 Å². The lowest BCUT2D eigenvalue weighted by atomic mass is 10.2. The second kappa shape index (κ2) is 7.31. The topological polar surface area (TPSA) is 62.7 Å². The van der Waals surface area contributed by atoms with Crippen molar-refractivity contribution in [2.45, 2.75) is 13.1 Å². The lowest BCUT2D eigenvalue weighted by Crippen LogP contribution is -2.08. The van der Waals surface area contributed by atoms with Gasteiger partial charge >= 0.3 is 0 Å². The summed E-state index contributed by atoms with van der Waals surface area (Å²) in [4.78, 5) is 4.35. The van der Waals surface area contributed by atoms with Crippen LogP contribution in [0, 0.1) is 5.82 Å². The number of nitrogens with one attached hydrogen (secondary N) is 2. The molecule has 23 heavy (non-hydrogen) atoms. The summed E-state index contributed by atoms with van der Waals surface area (Å²) >= 11 is 0. The highest BCUT2D eigenvalue weighted by Crippen LogP contribution is 2.09. The number of benzene rings is 2. The zero-order chi connectivity index (χ0) is 15.9. The van der Waals surface area contributed by atoms with Crippen LogP contribution < -0.4 is 10.6 Å². The van der Waals surface area contributed by atoms with E-state index >= 15 is 0 Å². The van der Waals surface area contributed by atoms with Crippen molar-refractivity contribution in [3.05, 3.63) is 77.7 Å². The van der Waals surface area contributed by atoms with Gasteiger partial charge in [-0.2, -0.15) is 10.1 Å². The molecule has 0 radical (unpaired) electrons. The lowest BCUT2D eigenvalue weighted by molar-refractivity contribution is 0.627. The number of aromatic nitrogens is 3. The third-order valence-electron chi connectivity index (χ3n) is 3.24. The number of anilines is 2. The first-order valence-corrected chi connectivity index (χ1v) is 7.25. The van der Waals surface area contributed by atoms with E-state index in [0.717, 1.165) is 11.1 Å². The molecule has 0 aliphatic carbocycles. The van der Waals surface area contributed by atoms with Crippen LogP contribution in [-0.2, 0) is 13.1 Å². The Morgan fingerprint density at radius 1 is 0.826 bits per heavy atom. The summed E-state index contributed by atoms with van der Waals surface area (Å²) in [6, 6.07) is 16.3. The fraction of sp³-hybridized carbons (Fsp3) is 0.118. The summed E-state index contributed by atoms with van der Waals surface area (Å²) in [6.45, 7) is 1.17. The van der Waals surface area contributed by atoms with Crippen LogP contribution in [0.5, 0.6) is 0 Å². The first kappa shape index (κ1) is 14.9. The van der Waals surface area contributed by atoms with E-state index in [0.29, 0.717) is 24.9 Å². The molecule has 0 aliphatic heterocycles. The summed E-state index contributed by atoms with van der Waals surface area (Å²) in [7, 11) is 0. The van der Waals surface area contributed by atoms with Crippen molar-refractivity contribution in [2.75, 3.05) is 10.6 Å². The Bertz CT molecular complexity index is 746. The molecule has 0 aliphatic rings. The maximum Gasteiger partial charge on any atom is 0.244 e. The maximum absolute atomic E-state index is 12.9. The molecule has 116 valence electrons. The molecule has 2 N–H and O–H groups in total. The van der Waals surface area contributed by atoms with Crippen molar-refractivity contribution < 1.29 is 4.39 Å². The molecule has 3 rings (SSSR count). The Balaban J connectivity index is 1.57. The summed E-state index contributed by atoms with van der Waals surface area (Å²) in [6.07, 6.45) is 1.58. The van der Waals surface area contributed by atoms with E-state index in [2.05, 4.69) is 25.8 Å². The Morgan fingerprint density at radius 2 is 1.52 bits per heavy atom. The van der Waals surface area contributed by atoms with E-state index in [-0.39, 0.29) is 5.82 Å². The van der Waals surface area contributed by atoms with Crippen molar-refractivity contribution in [1.29, 1.82) is 0 Å². The molecule has 0 saturated heterocycles. The zero-order valence-corrected chi connectivity index (χ0v) is 12.4. The van der Waals surface area contributed by atoms with Gasteiger partial charge in [-0.3, -0.25) is 0 Å². The standard InChI is InChI=1S/C17H16FN5/c18-15-8-6-14(7-9-15)11-20-17-22-16(12-21-23-17)19-10-13-4-2-1-3-5-13/h1-9,12H,10-11H2,(H2,19,20,22,23). The largest absolute Gasteiger partial charge is 0.365 e. The van der Waals surface area contributed by atoms with Crippen molar-refractivity contribution in [2.24, 2.45) is 0 Å². The van der Waals surface area contributed by atoms with Crippen molar-refractivity contribution >= 4 is 11.8 Å². The smallest absolute Gasteiger partial charge is 0.244 e. The van der Waals surface area contributed by atoms with Gasteiger partial charge in [0.05, 0.1) is 6.20 Å². The van der Waals surface area contributed by atoms with Gasteiger partial charge in [-0.25, -0.2) is 4.39 Å². The van der Waals surface area contributed by atoms with Crippen LogP contribution in [0.3, 0.4) is 0 Å². The minimum Gasteiger partial charge on any atom is -0.365 e. The van der Waals surface area contributed by atoms with E-state index in [1.165, 1.54) is 12.1 Å². The minimum atomic E-state index is -0.251. The number of nitrogens with zero attached hydrogens (tertiary/aromatic N) is 3. The van der Waals surface area contributed by atoms with E-state index in [1.807, 2.05) is 30.3 Å². The Morgan fingerprint density at radius 3 is 2.30 bits per heavy atom. The molecule has 2 aromatic carbocycles. The van der Waals surface area contributed by atoms with Crippen LogP contribution in [0.2, 0.25) is 0 Å². The SMILES string of the molecule is Fc1ccc(CNc2nncc(NCc3ccccc3)n2)cc1. The van der Waals surface area contributed by atoms with Gasteiger partial charge in [0.1, 0.15) is 5.82 Å². The first-order valence-electron chi connectivity index (χ1n) is 7.25. The molecule has 6 heteroatoms. The maximum atomic E-state index is 12.9. The third-order valence-corrected chi connectivity index (χ3v) is 3.24. The van der Waals surface area contributed by atoms with Crippen molar-refractivity contribution in [3.8, 4) is 0 Å². The van der Waals surface area contributed by atoms with E-state index in [1.54, 1.807) is 18.3 Å². The molecule has 5 nitrogen and oxygen atoms in total. The van der Waals surface area contributed by atoms with E-state index in [4.69, 9.17) is 0 Å². The average molecular weight is 309 g/mol. The van der Waals surface area contributed by atoms with Gasteiger partial charge in [0.25, 0.3) is 0 Å². The molecule has 0 bridgehead atoms. The van der Waals surface area contributed by atoms with Crippen LogP contribution in [0.1, 0.15) is 11.1 Å². The number of halogens is 1. The molecule has 3 aromatic rings. The highest BCUT2D eigenvalue weighted by atomic mass is 19.1. The Labute approximate surface area is 133 Å². The summed E-state index contributed by atoms with van der Waals surface area (Å²) in [5.41, 5.74) is 2.10. The van der Waals surface area contributed by atoms with Crippen molar-refractivity contribution in [3.63, 3.8) is 0 Å². The molecular formula is C17H16FN5. The van der Waals surface area contributed by atoms with Crippen LogP contribution in [-0.4, -0.2) is 15.2 Å². The fourth-order valence-corrected chi connectivity index (χ4v) is 2.04. The molecule has 1 heterocycles. The van der Waals surface area contributed by atoms with Crippen LogP contribution >= 0.6 is 0 Å². The molecule has 0 unspecified atom stereocenters. The fourth-order valence-electron chi connectivity index (χ4n) is 2.04. The Kier molecular flexibility index (Phi) is 4.73. The van der Waals surface area contributed by atoms with Gasteiger partial charge in [0.15, 0.2) is 5.82 Å². The van der Waals surface area contributed by atoms with Gasteiger partial charge in [-0.05, 0) is 23.3 Å². The molecule has 0 spiro atoms. The van der Waals surface area contributed by atoms with Crippen LogP contribution in [0.25, 0.3) is 0 Å². The molecule has 1 aromatic heterocycles. The molecular weight excluding hydrogens is 293 g/mol.